The molecule has 136 valence electrons. The van der Waals surface area contributed by atoms with Gasteiger partial charge >= 0.3 is 0 Å². The van der Waals surface area contributed by atoms with Crippen LogP contribution in [0.4, 0.5) is 0 Å². The molecule has 1 saturated heterocycles. The van der Waals surface area contributed by atoms with Gasteiger partial charge in [0.25, 0.3) is 0 Å². The first-order valence-electron chi connectivity index (χ1n) is 9.16. The molecule has 0 saturated carbocycles. The fourth-order valence-electron chi connectivity index (χ4n) is 4.35. The number of nitrogens with two attached hydrogens (primary N) is 2. The van der Waals surface area contributed by atoms with E-state index in [1.165, 1.54) is 11.1 Å². The number of hydrogen-bond acceptors (Lipinski definition) is 4. The molecule has 2 aliphatic rings. The van der Waals surface area contributed by atoms with E-state index in [1.807, 2.05) is 11.0 Å². The van der Waals surface area contributed by atoms with Crippen LogP contribution in [0, 0.1) is 0 Å². The number of nitrogens with zero attached hydrogens (tertiary/aromatic N) is 1. The van der Waals surface area contributed by atoms with Crippen molar-refractivity contribution in [3.05, 3.63) is 35.4 Å². The second-order valence-corrected chi connectivity index (χ2v) is 7.17. The number of carbonyl (C=O) groups is 2. The molecule has 1 atom stereocenters. The Morgan fingerprint density at radius 2 is 1.92 bits per heavy atom. The molecule has 0 bridgehead atoms. The van der Waals surface area contributed by atoms with Crippen LogP contribution in [0.3, 0.4) is 0 Å². The maximum Gasteiger partial charge on any atom is 0.234 e. The van der Waals surface area contributed by atoms with E-state index < -0.39 is 0 Å². The molecule has 1 spiro atoms. The van der Waals surface area contributed by atoms with Crippen molar-refractivity contribution in [2.45, 2.75) is 43.6 Å². The highest BCUT2D eigenvalue weighted by atomic mass is 16.2. The summed E-state index contributed by atoms with van der Waals surface area (Å²) in [4.78, 5) is 26.0. The van der Waals surface area contributed by atoms with E-state index in [1.54, 1.807) is 0 Å². The van der Waals surface area contributed by atoms with Gasteiger partial charge in [-0.2, -0.15) is 0 Å². The van der Waals surface area contributed by atoms with Crippen molar-refractivity contribution in [1.29, 1.82) is 0 Å². The minimum absolute atomic E-state index is 0.00902. The van der Waals surface area contributed by atoms with Crippen molar-refractivity contribution in [2.75, 3.05) is 26.2 Å². The van der Waals surface area contributed by atoms with Crippen molar-refractivity contribution >= 4 is 11.8 Å². The Labute approximate surface area is 148 Å². The van der Waals surface area contributed by atoms with Crippen LogP contribution < -0.4 is 16.8 Å². The number of rotatable bonds is 5. The van der Waals surface area contributed by atoms with Crippen molar-refractivity contribution in [3.63, 3.8) is 0 Å². The highest BCUT2D eigenvalue weighted by molar-refractivity contribution is 5.78. The third-order valence-electron chi connectivity index (χ3n) is 5.69. The number of hydrogen-bond donors (Lipinski definition) is 3. The van der Waals surface area contributed by atoms with Gasteiger partial charge in [0.05, 0.1) is 12.6 Å². The highest BCUT2D eigenvalue weighted by Crippen LogP contribution is 2.50. The van der Waals surface area contributed by atoms with Crippen LogP contribution >= 0.6 is 0 Å². The van der Waals surface area contributed by atoms with Gasteiger partial charge < -0.3 is 21.7 Å². The van der Waals surface area contributed by atoms with Crippen LogP contribution in [-0.2, 0) is 15.0 Å². The summed E-state index contributed by atoms with van der Waals surface area (Å²) in [6.45, 7) is 2.11. The molecule has 3 rings (SSSR count). The zero-order valence-corrected chi connectivity index (χ0v) is 14.7. The lowest BCUT2D eigenvalue weighted by Gasteiger charge is -2.40. The summed E-state index contributed by atoms with van der Waals surface area (Å²) in [5.41, 5.74) is 13.5. The van der Waals surface area contributed by atoms with Crippen LogP contribution in [0.5, 0.6) is 0 Å². The van der Waals surface area contributed by atoms with Gasteiger partial charge in [0.2, 0.25) is 11.8 Å². The summed E-state index contributed by atoms with van der Waals surface area (Å²) in [6, 6.07) is 8.38. The molecule has 1 aliphatic heterocycles. The topological polar surface area (TPSA) is 101 Å². The van der Waals surface area contributed by atoms with Gasteiger partial charge in [0.1, 0.15) is 0 Å². The van der Waals surface area contributed by atoms with Gasteiger partial charge in [0.15, 0.2) is 0 Å². The summed E-state index contributed by atoms with van der Waals surface area (Å²) in [6.07, 6.45) is 4.05. The zero-order valence-electron chi connectivity index (χ0n) is 14.7. The Bertz CT molecular complexity index is 638. The molecule has 0 aromatic heterocycles. The molecule has 1 fully saturated rings. The van der Waals surface area contributed by atoms with Gasteiger partial charge in [-0.1, -0.05) is 24.3 Å². The van der Waals surface area contributed by atoms with E-state index in [9.17, 15) is 9.59 Å². The second kappa shape index (κ2) is 7.54. The molecule has 2 amide bonds. The van der Waals surface area contributed by atoms with Gasteiger partial charge in [-0.3, -0.25) is 9.59 Å². The predicted molar refractivity (Wildman–Crippen MR) is 96.8 cm³/mol. The highest BCUT2D eigenvalue weighted by Gasteiger charge is 2.46. The molecular formula is C19H28N4O2. The Balaban J connectivity index is 1.73. The quantitative estimate of drug-likeness (QED) is 0.735. The second-order valence-electron chi connectivity index (χ2n) is 7.17. The minimum atomic E-state index is -0.119. The number of benzene rings is 1. The number of likely N-dealkylation sites (tertiary alicyclic amines) is 1. The molecule has 1 aliphatic carbocycles. The van der Waals surface area contributed by atoms with E-state index in [-0.39, 0.29) is 29.8 Å². The van der Waals surface area contributed by atoms with Gasteiger partial charge in [-0.15, -0.1) is 0 Å². The van der Waals surface area contributed by atoms with E-state index in [0.717, 1.165) is 38.8 Å². The molecule has 6 heteroatoms. The lowest BCUT2D eigenvalue weighted by Crippen LogP contribution is -2.45. The Hall–Kier alpha value is -1.92. The third-order valence-corrected chi connectivity index (χ3v) is 5.69. The summed E-state index contributed by atoms with van der Waals surface area (Å²) >= 11 is 0. The Morgan fingerprint density at radius 3 is 2.60 bits per heavy atom. The average Bonchev–Trinajstić information content (AvgIpc) is 2.94. The number of piperidine rings is 1. The minimum Gasteiger partial charge on any atom is -0.348 e. The van der Waals surface area contributed by atoms with Gasteiger partial charge in [-0.05, 0) is 43.4 Å². The summed E-state index contributed by atoms with van der Waals surface area (Å²) in [5, 5.41) is 3.06. The Kier molecular flexibility index (Phi) is 5.39. The van der Waals surface area contributed by atoms with Crippen molar-refractivity contribution in [3.8, 4) is 0 Å². The number of amides is 2. The van der Waals surface area contributed by atoms with Crippen LogP contribution in [0.25, 0.3) is 0 Å². The molecule has 0 radical (unpaired) electrons. The summed E-state index contributed by atoms with van der Waals surface area (Å²) in [5.74, 6) is 0.0887. The molecule has 25 heavy (non-hydrogen) atoms. The summed E-state index contributed by atoms with van der Waals surface area (Å²) in [7, 11) is 0. The number of fused-ring (bicyclic) bond motifs is 2. The Morgan fingerprint density at radius 1 is 1.20 bits per heavy atom. The maximum atomic E-state index is 12.3. The van der Waals surface area contributed by atoms with Crippen LogP contribution in [0.2, 0.25) is 0 Å². The van der Waals surface area contributed by atoms with E-state index in [2.05, 4.69) is 23.5 Å². The fourth-order valence-corrected chi connectivity index (χ4v) is 4.35. The molecular weight excluding hydrogens is 316 g/mol. The van der Waals surface area contributed by atoms with Crippen LogP contribution in [-0.4, -0.2) is 42.9 Å². The van der Waals surface area contributed by atoms with Crippen LogP contribution in [0.1, 0.15) is 49.3 Å². The van der Waals surface area contributed by atoms with Crippen molar-refractivity contribution < 1.29 is 9.59 Å². The van der Waals surface area contributed by atoms with Crippen molar-refractivity contribution in [1.82, 2.24) is 10.2 Å². The largest absolute Gasteiger partial charge is 0.348 e. The number of carbonyl (C=O) groups excluding carboxylic acids is 2. The molecule has 1 heterocycles. The maximum absolute atomic E-state index is 12.3. The lowest BCUT2D eigenvalue weighted by atomic mass is 9.73. The smallest absolute Gasteiger partial charge is 0.234 e. The normalized spacial score (nSPS) is 21.2. The SMILES string of the molecule is NCCCC(=O)N1CCC2(CC1)CC(NC(=O)CN)c1ccccc12. The first kappa shape index (κ1) is 17.9. The van der Waals surface area contributed by atoms with Gasteiger partial charge in [0, 0.05) is 24.9 Å². The average molecular weight is 344 g/mol. The fraction of sp³-hybridized carbons (Fsp3) is 0.579. The lowest BCUT2D eigenvalue weighted by molar-refractivity contribution is -0.132. The van der Waals surface area contributed by atoms with E-state index >= 15 is 0 Å². The molecule has 1 unspecified atom stereocenters. The predicted octanol–water partition coefficient (Wildman–Crippen LogP) is 0.805. The van der Waals surface area contributed by atoms with Gasteiger partial charge in [-0.25, -0.2) is 0 Å². The molecule has 5 N–H and O–H groups in total. The van der Waals surface area contributed by atoms with E-state index in [4.69, 9.17) is 11.5 Å². The van der Waals surface area contributed by atoms with Crippen LogP contribution in [0.15, 0.2) is 24.3 Å². The molecule has 1 aromatic carbocycles. The summed E-state index contributed by atoms with van der Waals surface area (Å²) < 4.78 is 0. The number of nitrogens with one attached hydrogen (secondary N) is 1. The standard InChI is InChI=1S/C19H28N4O2/c20-9-3-6-18(25)23-10-7-19(8-11-23)12-16(22-17(24)13-21)14-4-1-2-5-15(14)19/h1-2,4-5,16H,3,6-13,20-21H2,(H,22,24). The monoisotopic (exact) mass is 344 g/mol. The van der Waals surface area contributed by atoms with E-state index in [0.29, 0.717) is 13.0 Å². The molecule has 1 aromatic rings. The third kappa shape index (κ3) is 3.55. The first-order chi connectivity index (χ1) is 12.1. The zero-order chi connectivity index (χ0) is 17.9. The van der Waals surface area contributed by atoms with Crippen molar-refractivity contribution in [2.24, 2.45) is 11.5 Å². The first-order valence-corrected chi connectivity index (χ1v) is 9.16. The molecule has 6 nitrogen and oxygen atoms in total.